The van der Waals surface area contributed by atoms with Crippen molar-refractivity contribution in [3.63, 3.8) is 0 Å². The van der Waals surface area contributed by atoms with Crippen LogP contribution < -0.4 is 24.4 Å². The Balaban J connectivity index is 0.000000191. The minimum absolute atomic E-state index is 0.0482. The molecule has 0 atom stereocenters. The first-order valence-electron chi connectivity index (χ1n) is 10.9. The van der Waals surface area contributed by atoms with Gasteiger partial charge in [0, 0.05) is 34.0 Å². The van der Waals surface area contributed by atoms with E-state index in [0.717, 1.165) is 39.0 Å². The topological polar surface area (TPSA) is 82.7 Å². The lowest BCUT2D eigenvalue weighted by atomic mass is 10.1. The van der Waals surface area contributed by atoms with E-state index in [0.29, 0.717) is 35.4 Å². The van der Waals surface area contributed by atoms with E-state index in [4.69, 9.17) is 30.5 Å². The highest BCUT2D eigenvalue weighted by molar-refractivity contribution is 6.35. The van der Waals surface area contributed by atoms with Gasteiger partial charge in [-0.15, -0.1) is 0 Å². The van der Waals surface area contributed by atoms with Crippen molar-refractivity contribution < 1.29 is 18.9 Å². The van der Waals surface area contributed by atoms with Gasteiger partial charge in [0.1, 0.15) is 11.5 Å². The van der Waals surface area contributed by atoms with Gasteiger partial charge in [0.25, 0.3) is 0 Å². The summed E-state index contributed by atoms with van der Waals surface area (Å²) >= 11 is 6.20. The van der Waals surface area contributed by atoms with Gasteiger partial charge in [-0.1, -0.05) is 11.6 Å². The fourth-order valence-corrected chi connectivity index (χ4v) is 3.91. The summed E-state index contributed by atoms with van der Waals surface area (Å²) in [5, 5.41) is 2.20. The fourth-order valence-electron chi connectivity index (χ4n) is 3.66. The molecule has 4 rings (SSSR count). The highest BCUT2D eigenvalue weighted by atomic mass is 35.5. The lowest BCUT2D eigenvalue weighted by Crippen LogP contribution is -2.06. The van der Waals surface area contributed by atoms with Crippen LogP contribution in [0.2, 0.25) is 5.02 Å². The number of aromatic nitrogens is 2. The number of aromatic amines is 1. The van der Waals surface area contributed by atoms with Crippen molar-refractivity contribution >= 4 is 33.4 Å². The highest BCUT2D eigenvalue weighted by Gasteiger charge is 2.11. The Hall–Kier alpha value is -3.45. The number of H-pyrrole nitrogens is 1. The molecule has 4 aromatic rings. The molecule has 0 spiro atoms. The SMILES string of the molecule is CCOc1cc(=O)c2ccc(OC)c(C)c2[nH]1.CCOc1cc(Cl)c2ccc(OC)c(C)c2n1. The monoisotopic (exact) mass is 484 g/mol. The van der Waals surface area contributed by atoms with Crippen LogP contribution in [-0.4, -0.2) is 37.4 Å². The third-order valence-electron chi connectivity index (χ3n) is 5.33. The van der Waals surface area contributed by atoms with Crippen molar-refractivity contribution in [1.29, 1.82) is 0 Å². The number of nitrogens with one attached hydrogen (secondary N) is 1. The molecule has 0 aliphatic rings. The Bertz CT molecular complexity index is 1370. The Morgan fingerprint density at radius 1 is 0.882 bits per heavy atom. The molecule has 180 valence electrons. The number of rotatable bonds is 6. The molecule has 1 N–H and O–H groups in total. The van der Waals surface area contributed by atoms with Gasteiger partial charge in [-0.3, -0.25) is 4.79 Å². The van der Waals surface area contributed by atoms with Crippen molar-refractivity contribution in [3.8, 4) is 23.3 Å². The zero-order valence-corrected chi connectivity index (χ0v) is 21.0. The first-order chi connectivity index (χ1) is 16.3. The van der Waals surface area contributed by atoms with Crippen LogP contribution >= 0.6 is 11.6 Å². The number of aryl methyl sites for hydroxylation is 2. The third kappa shape index (κ3) is 5.20. The fraction of sp³-hybridized carbons (Fsp3) is 0.308. The Morgan fingerprint density at radius 3 is 2.12 bits per heavy atom. The minimum Gasteiger partial charge on any atom is -0.496 e. The van der Waals surface area contributed by atoms with Gasteiger partial charge in [0.15, 0.2) is 11.3 Å². The second-order valence-electron chi connectivity index (χ2n) is 7.41. The van der Waals surface area contributed by atoms with Crippen molar-refractivity contribution in [2.75, 3.05) is 27.4 Å². The molecule has 0 radical (unpaired) electrons. The summed E-state index contributed by atoms with van der Waals surface area (Å²) in [5.74, 6) is 2.58. The molecule has 0 fully saturated rings. The van der Waals surface area contributed by atoms with E-state index in [1.54, 1.807) is 32.4 Å². The number of fused-ring (bicyclic) bond motifs is 2. The number of nitrogens with zero attached hydrogens (tertiary/aromatic N) is 1. The van der Waals surface area contributed by atoms with E-state index in [2.05, 4.69) is 9.97 Å². The maximum atomic E-state index is 11.9. The van der Waals surface area contributed by atoms with Crippen LogP contribution in [0, 0.1) is 13.8 Å². The quantitative estimate of drug-likeness (QED) is 0.369. The van der Waals surface area contributed by atoms with Crippen molar-refractivity contribution in [1.82, 2.24) is 9.97 Å². The second kappa shape index (κ2) is 11.1. The maximum absolute atomic E-state index is 11.9. The predicted molar refractivity (Wildman–Crippen MR) is 136 cm³/mol. The van der Waals surface area contributed by atoms with Gasteiger partial charge in [-0.25, -0.2) is 4.98 Å². The molecule has 7 nitrogen and oxygen atoms in total. The number of hydrogen-bond donors (Lipinski definition) is 1. The van der Waals surface area contributed by atoms with E-state index >= 15 is 0 Å². The molecule has 0 saturated heterocycles. The highest BCUT2D eigenvalue weighted by Crippen LogP contribution is 2.32. The first kappa shape index (κ1) is 25.2. The van der Waals surface area contributed by atoms with E-state index in [9.17, 15) is 4.79 Å². The average molecular weight is 485 g/mol. The van der Waals surface area contributed by atoms with Crippen molar-refractivity contribution in [2.24, 2.45) is 0 Å². The molecule has 0 amide bonds. The van der Waals surface area contributed by atoms with Crippen LogP contribution in [0.3, 0.4) is 0 Å². The minimum atomic E-state index is -0.0482. The standard InChI is InChI=1S/C13H14ClNO2.C13H15NO3/c1-4-17-12-7-10(14)9-5-6-11(16-3)8(2)13(9)15-12;1-4-17-12-7-10(15)9-5-6-11(16-3)8(2)13(9)14-12/h5-7H,4H2,1-3H3;5-7H,4H2,1-3H3,(H,14,15). The van der Waals surface area contributed by atoms with E-state index in [1.807, 2.05) is 39.8 Å². The summed E-state index contributed by atoms with van der Waals surface area (Å²) in [7, 11) is 3.25. The molecule has 0 aliphatic carbocycles. The van der Waals surface area contributed by atoms with Gasteiger partial charge in [0.05, 0.1) is 43.5 Å². The summed E-state index contributed by atoms with van der Waals surface area (Å²) in [4.78, 5) is 19.4. The number of ether oxygens (including phenoxy) is 4. The molecular weight excluding hydrogens is 456 g/mol. The largest absolute Gasteiger partial charge is 0.496 e. The smallest absolute Gasteiger partial charge is 0.215 e. The summed E-state index contributed by atoms with van der Waals surface area (Å²) in [6, 6.07) is 10.6. The molecule has 2 heterocycles. The zero-order chi connectivity index (χ0) is 24.8. The molecule has 0 saturated carbocycles. The Labute approximate surface area is 203 Å². The zero-order valence-electron chi connectivity index (χ0n) is 20.2. The average Bonchev–Trinajstić information content (AvgIpc) is 2.81. The van der Waals surface area contributed by atoms with Crippen LogP contribution in [0.15, 0.2) is 41.2 Å². The van der Waals surface area contributed by atoms with Crippen molar-refractivity contribution in [2.45, 2.75) is 27.7 Å². The summed E-state index contributed by atoms with van der Waals surface area (Å²) in [6.07, 6.45) is 0. The second-order valence-corrected chi connectivity index (χ2v) is 7.82. The van der Waals surface area contributed by atoms with Crippen LogP contribution in [0.1, 0.15) is 25.0 Å². The number of halogens is 1. The molecule has 0 unspecified atom stereocenters. The van der Waals surface area contributed by atoms with E-state index in [1.165, 1.54) is 6.07 Å². The molecule has 8 heteroatoms. The number of methoxy groups -OCH3 is 2. The van der Waals surface area contributed by atoms with Crippen LogP contribution in [0.25, 0.3) is 21.8 Å². The van der Waals surface area contributed by atoms with Gasteiger partial charge < -0.3 is 23.9 Å². The third-order valence-corrected chi connectivity index (χ3v) is 5.65. The van der Waals surface area contributed by atoms with Gasteiger partial charge in [-0.2, -0.15) is 0 Å². The maximum Gasteiger partial charge on any atom is 0.215 e. The van der Waals surface area contributed by atoms with Crippen LogP contribution in [-0.2, 0) is 0 Å². The van der Waals surface area contributed by atoms with Crippen LogP contribution in [0.4, 0.5) is 0 Å². The molecule has 2 aromatic carbocycles. The van der Waals surface area contributed by atoms with Gasteiger partial charge >= 0.3 is 0 Å². The van der Waals surface area contributed by atoms with Crippen LogP contribution in [0.5, 0.6) is 23.3 Å². The summed E-state index contributed by atoms with van der Waals surface area (Å²) in [6.45, 7) is 8.74. The lowest BCUT2D eigenvalue weighted by molar-refractivity contribution is 0.327. The van der Waals surface area contributed by atoms with Crippen molar-refractivity contribution in [3.05, 3.63) is 62.8 Å². The summed E-state index contributed by atoms with van der Waals surface area (Å²) in [5.41, 5.74) is 3.41. The van der Waals surface area contributed by atoms with E-state index in [-0.39, 0.29) is 5.43 Å². The van der Waals surface area contributed by atoms with Gasteiger partial charge in [0.2, 0.25) is 5.88 Å². The predicted octanol–water partition coefficient (Wildman–Crippen LogP) is 5.85. The summed E-state index contributed by atoms with van der Waals surface area (Å²) < 4.78 is 21.2. The lowest BCUT2D eigenvalue weighted by Gasteiger charge is -2.10. The molecule has 2 aromatic heterocycles. The Kier molecular flexibility index (Phi) is 8.23. The molecule has 0 bridgehead atoms. The normalized spacial score (nSPS) is 10.6. The van der Waals surface area contributed by atoms with E-state index < -0.39 is 0 Å². The number of pyridine rings is 2. The first-order valence-corrected chi connectivity index (χ1v) is 11.3. The van der Waals surface area contributed by atoms with Gasteiger partial charge in [-0.05, 0) is 52.0 Å². The Morgan fingerprint density at radius 2 is 1.50 bits per heavy atom. The molecule has 34 heavy (non-hydrogen) atoms. The molecular formula is C26H29ClN2O5. The molecule has 0 aliphatic heterocycles. The number of hydrogen-bond acceptors (Lipinski definition) is 6. The number of benzene rings is 2.